The van der Waals surface area contributed by atoms with Gasteiger partial charge in [-0.15, -0.1) is 0 Å². The monoisotopic (exact) mass is 178 g/mol. The molecule has 1 aromatic carbocycles. The van der Waals surface area contributed by atoms with Gasteiger partial charge in [-0.05, 0) is 31.5 Å². The second kappa shape index (κ2) is 3.94. The zero-order valence-electron chi connectivity index (χ0n) is 7.91. The molecule has 0 radical (unpaired) electrons. The molecule has 3 heteroatoms. The molecule has 0 aliphatic rings. The molecule has 1 aromatic rings. The second-order valence-corrected chi connectivity index (χ2v) is 2.95. The lowest BCUT2D eigenvalue weighted by Gasteiger charge is -2.01. The Balaban J connectivity index is 3.07. The normalized spacial score (nSPS) is 11.7. The fourth-order valence-electron chi connectivity index (χ4n) is 0.915. The van der Waals surface area contributed by atoms with Crippen LogP contribution >= 0.6 is 0 Å². The molecule has 0 amide bonds. The first-order chi connectivity index (χ1) is 6.13. The van der Waals surface area contributed by atoms with Gasteiger partial charge in [0.15, 0.2) is 0 Å². The van der Waals surface area contributed by atoms with Crippen molar-refractivity contribution in [3.8, 4) is 5.75 Å². The molecule has 0 aliphatic carbocycles. The van der Waals surface area contributed by atoms with Crippen molar-refractivity contribution in [3.63, 3.8) is 0 Å². The first kappa shape index (κ1) is 9.58. The molecule has 0 unspecified atom stereocenters. The van der Waals surface area contributed by atoms with Crippen molar-refractivity contribution < 1.29 is 5.11 Å². The second-order valence-electron chi connectivity index (χ2n) is 2.95. The Kier molecular flexibility index (Phi) is 2.90. The van der Waals surface area contributed by atoms with Gasteiger partial charge in [-0.2, -0.15) is 0 Å². The van der Waals surface area contributed by atoms with Crippen molar-refractivity contribution in [1.29, 1.82) is 0 Å². The number of aromatic hydroxyl groups is 1. The molecular weight excluding hydrogens is 164 g/mol. The number of rotatable bonds is 2. The SMILES string of the molecule is CCC(C)=Nc1cc(N)ccc1O. The Labute approximate surface area is 77.9 Å². The fraction of sp³-hybridized carbons (Fsp3) is 0.300. The zero-order chi connectivity index (χ0) is 9.84. The highest BCUT2D eigenvalue weighted by molar-refractivity contribution is 5.85. The first-order valence-corrected chi connectivity index (χ1v) is 4.26. The van der Waals surface area contributed by atoms with Crippen LogP contribution in [0.5, 0.6) is 5.75 Å². The van der Waals surface area contributed by atoms with E-state index in [0.29, 0.717) is 11.4 Å². The summed E-state index contributed by atoms with van der Waals surface area (Å²) in [6.07, 6.45) is 0.869. The molecule has 0 aromatic heterocycles. The van der Waals surface area contributed by atoms with Crippen LogP contribution in [0.3, 0.4) is 0 Å². The Morgan fingerprint density at radius 2 is 2.23 bits per heavy atom. The van der Waals surface area contributed by atoms with Crippen LogP contribution in [-0.2, 0) is 0 Å². The van der Waals surface area contributed by atoms with Crippen molar-refractivity contribution >= 4 is 17.1 Å². The number of nitrogens with two attached hydrogens (primary N) is 1. The number of nitrogens with zero attached hydrogens (tertiary/aromatic N) is 1. The van der Waals surface area contributed by atoms with E-state index >= 15 is 0 Å². The molecule has 3 nitrogen and oxygen atoms in total. The molecule has 70 valence electrons. The minimum absolute atomic E-state index is 0.169. The van der Waals surface area contributed by atoms with E-state index < -0.39 is 0 Å². The van der Waals surface area contributed by atoms with Gasteiger partial charge in [0.2, 0.25) is 0 Å². The maximum Gasteiger partial charge on any atom is 0.141 e. The highest BCUT2D eigenvalue weighted by Gasteiger charge is 1.99. The number of nitrogen functional groups attached to an aromatic ring is 1. The molecule has 0 aliphatic heterocycles. The van der Waals surface area contributed by atoms with Gasteiger partial charge in [-0.25, -0.2) is 0 Å². The topological polar surface area (TPSA) is 58.6 Å². The minimum Gasteiger partial charge on any atom is -0.506 e. The van der Waals surface area contributed by atoms with Gasteiger partial charge < -0.3 is 10.8 Å². The molecule has 0 saturated carbocycles. The number of benzene rings is 1. The summed E-state index contributed by atoms with van der Waals surface area (Å²) < 4.78 is 0. The first-order valence-electron chi connectivity index (χ1n) is 4.26. The fourth-order valence-corrected chi connectivity index (χ4v) is 0.915. The highest BCUT2D eigenvalue weighted by Crippen LogP contribution is 2.28. The lowest BCUT2D eigenvalue weighted by atomic mass is 10.2. The van der Waals surface area contributed by atoms with Gasteiger partial charge >= 0.3 is 0 Å². The third kappa shape index (κ3) is 2.47. The van der Waals surface area contributed by atoms with Gasteiger partial charge in [0, 0.05) is 11.4 Å². The molecular formula is C10H14N2O. The van der Waals surface area contributed by atoms with E-state index in [1.807, 2.05) is 13.8 Å². The Morgan fingerprint density at radius 1 is 1.54 bits per heavy atom. The summed E-state index contributed by atoms with van der Waals surface area (Å²) in [5.41, 5.74) is 7.69. The van der Waals surface area contributed by atoms with E-state index in [9.17, 15) is 5.11 Å². The van der Waals surface area contributed by atoms with E-state index in [0.717, 1.165) is 12.1 Å². The third-order valence-electron chi connectivity index (χ3n) is 1.82. The number of hydrogen-bond acceptors (Lipinski definition) is 3. The van der Waals surface area contributed by atoms with Crippen LogP contribution in [0, 0.1) is 0 Å². The smallest absolute Gasteiger partial charge is 0.141 e. The van der Waals surface area contributed by atoms with Crippen LogP contribution in [0.15, 0.2) is 23.2 Å². The Morgan fingerprint density at radius 3 is 2.85 bits per heavy atom. The van der Waals surface area contributed by atoms with E-state index in [2.05, 4.69) is 4.99 Å². The molecule has 0 heterocycles. The lowest BCUT2D eigenvalue weighted by Crippen LogP contribution is -1.87. The quantitative estimate of drug-likeness (QED) is 0.415. The van der Waals surface area contributed by atoms with Crippen molar-refractivity contribution in [2.45, 2.75) is 20.3 Å². The van der Waals surface area contributed by atoms with Crippen molar-refractivity contribution in [3.05, 3.63) is 18.2 Å². The van der Waals surface area contributed by atoms with Gasteiger partial charge in [-0.1, -0.05) is 6.92 Å². The molecule has 0 saturated heterocycles. The summed E-state index contributed by atoms with van der Waals surface area (Å²) in [7, 11) is 0. The van der Waals surface area contributed by atoms with Crippen molar-refractivity contribution in [1.82, 2.24) is 0 Å². The van der Waals surface area contributed by atoms with Gasteiger partial charge in [0.25, 0.3) is 0 Å². The van der Waals surface area contributed by atoms with Crippen LogP contribution < -0.4 is 5.73 Å². The third-order valence-corrected chi connectivity index (χ3v) is 1.82. The number of phenolic OH excluding ortho intramolecular Hbond substituents is 1. The average Bonchev–Trinajstić information content (AvgIpc) is 2.11. The lowest BCUT2D eigenvalue weighted by molar-refractivity contribution is 0.477. The number of hydrogen-bond donors (Lipinski definition) is 2. The number of anilines is 1. The number of aliphatic imine (C=N–C) groups is 1. The minimum atomic E-state index is 0.169. The van der Waals surface area contributed by atoms with Gasteiger partial charge in [0.1, 0.15) is 11.4 Å². The molecule has 0 bridgehead atoms. The Hall–Kier alpha value is -1.51. The molecule has 0 fully saturated rings. The summed E-state index contributed by atoms with van der Waals surface area (Å²) >= 11 is 0. The summed E-state index contributed by atoms with van der Waals surface area (Å²) in [6.45, 7) is 3.94. The summed E-state index contributed by atoms with van der Waals surface area (Å²) in [6, 6.07) is 4.86. The van der Waals surface area contributed by atoms with Crippen LogP contribution in [0.2, 0.25) is 0 Å². The average molecular weight is 178 g/mol. The zero-order valence-corrected chi connectivity index (χ0v) is 7.91. The maximum absolute atomic E-state index is 9.42. The molecule has 0 atom stereocenters. The largest absolute Gasteiger partial charge is 0.506 e. The van der Waals surface area contributed by atoms with Crippen LogP contribution in [0.4, 0.5) is 11.4 Å². The number of phenols is 1. The van der Waals surface area contributed by atoms with Crippen LogP contribution in [-0.4, -0.2) is 10.8 Å². The summed E-state index contributed by atoms with van der Waals surface area (Å²) in [5.74, 6) is 0.169. The summed E-state index contributed by atoms with van der Waals surface area (Å²) in [4.78, 5) is 4.22. The predicted molar refractivity (Wildman–Crippen MR) is 55.6 cm³/mol. The predicted octanol–water partition coefficient (Wildman–Crippen LogP) is 2.48. The standard InChI is InChI=1S/C10H14N2O/c1-3-7(2)12-9-6-8(11)4-5-10(9)13/h4-6,13H,3,11H2,1-2H3. The van der Waals surface area contributed by atoms with Crippen molar-refractivity contribution in [2.24, 2.45) is 4.99 Å². The highest BCUT2D eigenvalue weighted by atomic mass is 16.3. The molecule has 13 heavy (non-hydrogen) atoms. The van der Waals surface area contributed by atoms with Crippen molar-refractivity contribution in [2.75, 3.05) is 5.73 Å². The van der Waals surface area contributed by atoms with Crippen LogP contribution in [0.1, 0.15) is 20.3 Å². The van der Waals surface area contributed by atoms with E-state index in [4.69, 9.17) is 5.73 Å². The molecule has 3 N–H and O–H groups in total. The Bertz CT molecular complexity index is 332. The van der Waals surface area contributed by atoms with Crippen LogP contribution in [0.25, 0.3) is 0 Å². The maximum atomic E-state index is 9.42. The van der Waals surface area contributed by atoms with E-state index in [-0.39, 0.29) is 5.75 Å². The van der Waals surface area contributed by atoms with Gasteiger partial charge in [0.05, 0.1) is 0 Å². The van der Waals surface area contributed by atoms with E-state index in [1.165, 1.54) is 0 Å². The van der Waals surface area contributed by atoms with E-state index in [1.54, 1.807) is 18.2 Å². The molecule has 1 rings (SSSR count). The summed E-state index contributed by atoms with van der Waals surface area (Å²) in [5, 5.41) is 9.42. The molecule has 0 spiro atoms. The van der Waals surface area contributed by atoms with Gasteiger partial charge in [-0.3, -0.25) is 4.99 Å².